The largest absolute Gasteiger partial charge is 0.480 e. The number of carbonyl (C=O) groups excluding carboxylic acids is 3. The third kappa shape index (κ3) is 7.96. The van der Waals surface area contributed by atoms with E-state index in [1.807, 2.05) is 0 Å². The maximum absolute atomic E-state index is 12.7. The Bertz CT molecular complexity index is 753. The number of hydrogen-bond acceptors (Lipinski definition) is 8. The Morgan fingerprint density at radius 3 is 2.13 bits per heavy atom. The molecule has 13 nitrogen and oxygen atoms in total. The van der Waals surface area contributed by atoms with Crippen LogP contribution >= 0.6 is 0 Å². The normalized spacial score (nSPS) is 16.0. The van der Waals surface area contributed by atoms with Crippen LogP contribution in [-0.4, -0.2) is 85.9 Å². The van der Waals surface area contributed by atoms with Gasteiger partial charge in [0.2, 0.25) is 17.7 Å². The van der Waals surface area contributed by atoms with E-state index in [1.165, 1.54) is 19.4 Å². The molecule has 13 heteroatoms. The van der Waals surface area contributed by atoms with Crippen molar-refractivity contribution in [1.82, 2.24) is 25.9 Å². The highest BCUT2D eigenvalue weighted by Crippen LogP contribution is 2.04. The number of carbonyl (C=O) groups is 4. The Morgan fingerprint density at radius 1 is 1.06 bits per heavy atom. The van der Waals surface area contributed by atoms with Crippen LogP contribution in [0, 0.1) is 5.92 Å². The first kappa shape index (κ1) is 26.0. The molecule has 5 atom stereocenters. The molecule has 174 valence electrons. The van der Waals surface area contributed by atoms with Crippen molar-refractivity contribution in [3.8, 4) is 0 Å². The second kappa shape index (κ2) is 12.0. The van der Waals surface area contributed by atoms with Gasteiger partial charge in [-0.15, -0.1) is 0 Å². The first-order valence-electron chi connectivity index (χ1n) is 9.63. The first-order chi connectivity index (χ1) is 14.5. The zero-order chi connectivity index (χ0) is 23.7. The molecule has 31 heavy (non-hydrogen) atoms. The molecule has 0 saturated heterocycles. The number of H-pyrrole nitrogens is 1. The van der Waals surface area contributed by atoms with Crippen molar-refractivity contribution in [2.24, 2.45) is 11.7 Å². The molecule has 5 unspecified atom stereocenters. The smallest absolute Gasteiger partial charge is 0.328 e. The van der Waals surface area contributed by atoms with Crippen molar-refractivity contribution in [3.05, 3.63) is 18.2 Å². The molecule has 1 aromatic rings. The van der Waals surface area contributed by atoms with Crippen LogP contribution in [0.3, 0.4) is 0 Å². The van der Waals surface area contributed by atoms with Crippen LogP contribution < -0.4 is 21.7 Å². The van der Waals surface area contributed by atoms with Crippen LogP contribution in [-0.2, 0) is 25.6 Å². The van der Waals surface area contributed by atoms with E-state index in [9.17, 15) is 24.3 Å². The van der Waals surface area contributed by atoms with Gasteiger partial charge in [0, 0.05) is 18.3 Å². The van der Waals surface area contributed by atoms with Crippen molar-refractivity contribution in [2.45, 2.75) is 57.5 Å². The summed E-state index contributed by atoms with van der Waals surface area (Å²) in [7, 11) is 0. The Labute approximate surface area is 178 Å². The SMILES string of the molecule is CC(C)C(N)C(=O)NC(C(=O)NC(Cc1cnc[nH]1)C(=O)NC(CO)C(=O)O)C(C)O. The van der Waals surface area contributed by atoms with E-state index in [1.54, 1.807) is 13.8 Å². The standard InChI is InChI=1S/C18H30N6O7/c1-8(2)13(19)16(28)24-14(9(3)26)17(29)22-11(4-10-5-20-7-21-10)15(27)23-12(6-25)18(30)31/h5,7-9,11-14,25-26H,4,6,19H2,1-3H3,(H,20,21)(H,22,29)(H,23,27)(H,24,28)(H,30,31). The second-order valence-corrected chi connectivity index (χ2v) is 7.42. The lowest BCUT2D eigenvalue weighted by atomic mass is 10.0. The lowest BCUT2D eigenvalue weighted by Gasteiger charge is -2.26. The summed E-state index contributed by atoms with van der Waals surface area (Å²) in [5, 5.41) is 35.0. The molecular weight excluding hydrogens is 412 g/mol. The second-order valence-electron chi connectivity index (χ2n) is 7.42. The summed E-state index contributed by atoms with van der Waals surface area (Å²) in [4.78, 5) is 55.2. The summed E-state index contributed by atoms with van der Waals surface area (Å²) in [5.74, 6) is -4.10. The van der Waals surface area contributed by atoms with E-state index in [2.05, 4.69) is 25.9 Å². The Morgan fingerprint density at radius 2 is 1.68 bits per heavy atom. The molecule has 3 amide bonds. The number of carboxylic acids is 1. The highest BCUT2D eigenvalue weighted by atomic mass is 16.4. The number of aromatic nitrogens is 2. The minimum absolute atomic E-state index is 0.0959. The number of nitrogens with one attached hydrogen (secondary N) is 4. The highest BCUT2D eigenvalue weighted by Gasteiger charge is 2.33. The summed E-state index contributed by atoms with van der Waals surface area (Å²) in [5.41, 5.74) is 6.22. The van der Waals surface area contributed by atoms with Crippen LogP contribution in [0.15, 0.2) is 12.5 Å². The van der Waals surface area contributed by atoms with Gasteiger partial charge in [0.15, 0.2) is 0 Å². The predicted octanol–water partition coefficient (Wildman–Crippen LogP) is -3.15. The Balaban J connectivity index is 3.00. The average Bonchev–Trinajstić information content (AvgIpc) is 3.20. The van der Waals surface area contributed by atoms with Crippen molar-refractivity contribution in [1.29, 1.82) is 0 Å². The van der Waals surface area contributed by atoms with Crippen molar-refractivity contribution < 1.29 is 34.5 Å². The predicted molar refractivity (Wildman–Crippen MR) is 107 cm³/mol. The number of rotatable bonds is 12. The van der Waals surface area contributed by atoms with Gasteiger partial charge in [0.25, 0.3) is 0 Å². The van der Waals surface area contributed by atoms with Gasteiger partial charge in [-0.3, -0.25) is 14.4 Å². The van der Waals surface area contributed by atoms with E-state index in [0.29, 0.717) is 5.69 Å². The zero-order valence-electron chi connectivity index (χ0n) is 17.5. The first-order valence-corrected chi connectivity index (χ1v) is 9.63. The molecule has 0 bridgehead atoms. The van der Waals surface area contributed by atoms with E-state index < -0.39 is 60.6 Å². The number of nitrogens with two attached hydrogens (primary N) is 1. The maximum atomic E-state index is 12.7. The van der Waals surface area contributed by atoms with E-state index >= 15 is 0 Å². The fraction of sp³-hybridized carbons (Fsp3) is 0.611. The van der Waals surface area contributed by atoms with Gasteiger partial charge >= 0.3 is 5.97 Å². The van der Waals surface area contributed by atoms with Gasteiger partial charge < -0.3 is 42.0 Å². The number of nitrogens with zero attached hydrogens (tertiary/aromatic N) is 1. The van der Waals surface area contributed by atoms with E-state index in [4.69, 9.17) is 15.9 Å². The highest BCUT2D eigenvalue weighted by molar-refractivity contribution is 5.94. The lowest BCUT2D eigenvalue weighted by molar-refractivity contribution is -0.143. The number of aromatic amines is 1. The van der Waals surface area contributed by atoms with Crippen LogP contribution in [0.25, 0.3) is 0 Å². The number of hydrogen-bond donors (Lipinski definition) is 8. The third-order valence-corrected chi connectivity index (χ3v) is 4.49. The molecule has 1 rings (SSSR count). The number of aliphatic carboxylic acids is 1. The van der Waals surface area contributed by atoms with Gasteiger partial charge in [-0.1, -0.05) is 13.8 Å². The quantitative estimate of drug-likeness (QED) is 0.163. The van der Waals surface area contributed by atoms with Gasteiger partial charge in [0.1, 0.15) is 18.1 Å². The maximum Gasteiger partial charge on any atom is 0.328 e. The van der Waals surface area contributed by atoms with Gasteiger partial charge in [-0.2, -0.15) is 0 Å². The van der Waals surface area contributed by atoms with Crippen LogP contribution in [0.5, 0.6) is 0 Å². The summed E-state index contributed by atoms with van der Waals surface area (Å²) < 4.78 is 0. The van der Waals surface area contributed by atoms with Crippen molar-refractivity contribution in [3.63, 3.8) is 0 Å². The molecule has 0 radical (unpaired) electrons. The summed E-state index contributed by atoms with van der Waals surface area (Å²) >= 11 is 0. The van der Waals surface area contributed by atoms with Crippen LogP contribution in [0.2, 0.25) is 0 Å². The number of carboxylic acid groups (broad SMARTS) is 1. The molecule has 9 N–H and O–H groups in total. The molecular formula is C18H30N6O7. The molecule has 0 spiro atoms. The molecule has 0 aliphatic carbocycles. The molecule has 0 saturated carbocycles. The summed E-state index contributed by atoms with van der Waals surface area (Å²) in [6, 6.07) is -5.20. The Hall–Kier alpha value is -3.03. The Kier molecular flexibility index (Phi) is 10.0. The number of imidazole rings is 1. The van der Waals surface area contributed by atoms with E-state index in [-0.39, 0.29) is 12.3 Å². The number of aliphatic hydroxyl groups excluding tert-OH is 2. The molecule has 0 aliphatic rings. The molecule has 1 heterocycles. The van der Waals surface area contributed by atoms with Crippen molar-refractivity contribution in [2.75, 3.05) is 6.61 Å². The molecule has 0 aliphatic heterocycles. The average molecular weight is 442 g/mol. The summed E-state index contributed by atoms with van der Waals surface area (Å²) in [6.45, 7) is 3.85. The van der Waals surface area contributed by atoms with Gasteiger partial charge in [-0.05, 0) is 12.8 Å². The van der Waals surface area contributed by atoms with Gasteiger partial charge in [-0.25, -0.2) is 9.78 Å². The topological polar surface area (TPSA) is 220 Å². The molecule has 0 aromatic carbocycles. The molecule has 0 fully saturated rings. The fourth-order valence-corrected chi connectivity index (χ4v) is 2.50. The minimum Gasteiger partial charge on any atom is -0.480 e. The summed E-state index contributed by atoms with van der Waals surface area (Å²) in [6.07, 6.45) is 1.35. The van der Waals surface area contributed by atoms with Crippen molar-refractivity contribution >= 4 is 23.7 Å². The lowest BCUT2D eigenvalue weighted by Crippen LogP contribution is -2.60. The van der Waals surface area contributed by atoms with E-state index in [0.717, 1.165) is 0 Å². The number of amides is 3. The molecule has 1 aromatic heterocycles. The van der Waals surface area contributed by atoms with Gasteiger partial charge in [0.05, 0.1) is 25.1 Å². The van der Waals surface area contributed by atoms with Crippen LogP contribution in [0.1, 0.15) is 26.5 Å². The minimum atomic E-state index is -1.58. The third-order valence-electron chi connectivity index (χ3n) is 4.49. The monoisotopic (exact) mass is 442 g/mol. The fourth-order valence-electron chi connectivity index (χ4n) is 2.50. The van der Waals surface area contributed by atoms with Crippen LogP contribution in [0.4, 0.5) is 0 Å². The number of aliphatic hydroxyl groups is 2. The zero-order valence-corrected chi connectivity index (χ0v) is 17.5.